The number of nitrogens with one attached hydrogen (secondary N) is 1. The first-order valence-corrected chi connectivity index (χ1v) is 7.26. The van der Waals surface area contributed by atoms with Gasteiger partial charge in [0.2, 0.25) is 0 Å². The van der Waals surface area contributed by atoms with Crippen LogP contribution in [0, 0.1) is 13.8 Å². The number of aromatic hydroxyl groups is 1. The van der Waals surface area contributed by atoms with Gasteiger partial charge in [-0.2, -0.15) is 0 Å². The summed E-state index contributed by atoms with van der Waals surface area (Å²) in [5.41, 5.74) is 1.95. The van der Waals surface area contributed by atoms with E-state index in [-0.39, 0.29) is 10.6 Å². The number of phenolic OH excluding ortho intramolecular Hbond substituents is 1. The molecule has 0 radical (unpaired) electrons. The third kappa shape index (κ3) is 2.88. The normalized spacial score (nSPS) is 11.3. The Bertz CT molecular complexity index is 708. The van der Waals surface area contributed by atoms with E-state index in [1.54, 1.807) is 25.1 Å². The van der Waals surface area contributed by atoms with Crippen LogP contribution in [0.25, 0.3) is 0 Å². The maximum atomic E-state index is 12.3. The van der Waals surface area contributed by atoms with Crippen LogP contribution in [0.15, 0.2) is 47.4 Å². The Kier molecular flexibility index (Phi) is 3.48. The lowest BCUT2D eigenvalue weighted by Crippen LogP contribution is -2.14. The molecule has 2 aromatic rings. The Morgan fingerprint density at radius 3 is 2.37 bits per heavy atom. The summed E-state index contributed by atoms with van der Waals surface area (Å²) in [5, 5.41) is 9.43. The fraction of sp³-hybridized carbons (Fsp3) is 0.143. The third-order valence-corrected chi connectivity index (χ3v) is 4.36. The molecule has 0 saturated heterocycles. The first kappa shape index (κ1) is 13.4. The molecule has 0 fully saturated rings. The number of sulfonamides is 1. The number of rotatable bonds is 3. The monoisotopic (exact) mass is 277 g/mol. The number of anilines is 1. The summed E-state index contributed by atoms with van der Waals surface area (Å²) in [4.78, 5) is 0.0794. The molecule has 2 aromatic carbocycles. The molecule has 0 unspecified atom stereocenters. The number of para-hydroxylation sites is 1. The van der Waals surface area contributed by atoms with Crippen LogP contribution >= 0.6 is 0 Å². The van der Waals surface area contributed by atoms with Crippen molar-refractivity contribution in [1.29, 1.82) is 0 Å². The van der Waals surface area contributed by atoms with Gasteiger partial charge < -0.3 is 5.11 Å². The maximum Gasteiger partial charge on any atom is 0.262 e. The van der Waals surface area contributed by atoms with E-state index in [0.29, 0.717) is 11.3 Å². The molecular weight excluding hydrogens is 262 g/mol. The zero-order chi connectivity index (χ0) is 14.0. The number of aryl methyl sites for hydroxylation is 2. The smallest absolute Gasteiger partial charge is 0.262 e. The lowest BCUT2D eigenvalue weighted by atomic mass is 10.2. The summed E-state index contributed by atoms with van der Waals surface area (Å²) < 4.78 is 27.1. The highest BCUT2D eigenvalue weighted by molar-refractivity contribution is 7.92. The minimum absolute atomic E-state index is 0.0734. The first-order valence-electron chi connectivity index (χ1n) is 5.78. The Hall–Kier alpha value is -2.01. The van der Waals surface area contributed by atoms with Crippen molar-refractivity contribution in [3.05, 3.63) is 53.6 Å². The summed E-state index contributed by atoms with van der Waals surface area (Å²) in [5.74, 6) is -0.0734. The number of benzene rings is 2. The lowest BCUT2D eigenvalue weighted by Gasteiger charge is -2.12. The van der Waals surface area contributed by atoms with E-state index in [2.05, 4.69) is 4.72 Å². The number of hydrogen-bond acceptors (Lipinski definition) is 3. The fourth-order valence-electron chi connectivity index (χ4n) is 1.77. The van der Waals surface area contributed by atoms with E-state index in [1.165, 1.54) is 12.1 Å². The minimum atomic E-state index is -3.70. The molecule has 4 nitrogen and oxygen atoms in total. The van der Waals surface area contributed by atoms with E-state index in [1.807, 2.05) is 19.1 Å². The number of hydrogen-bond donors (Lipinski definition) is 2. The van der Waals surface area contributed by atoms with Crippen molar-refractivity contribution < 1.29 is 13.5 Å². The van der Waals surface area contributed by atoms with Crippen molar-refractivity contribution in [2.75, 3.05) is 4.72 Å². The largest absolute Gasteiger partial charge is 0.508 e. The summed E-state index contributed by atoms with van der Waals surface area (Å²) in [6.45, 7) is 3.51. The Balaban J connectivity index is 2.44. The molecule has 0 aliphatic rings. The van der Waals surface area contributed by atoms with Crippen LogP contribution in [-0.2, 0) is 10.0 Å². The molecule has 0 saturated carbocycles. The van der Waals surface area contributed by atoms with E-state index in [9.17, 15) is 13.5 Å². The highest BCUT2D eigenvalue weighted by Gasteiger charge is 2.18. The van der Waals surface area contributed by atoms with Crippen molar-refractivity contribution in [1.82, 2.24) is 0 Å². The van der Waals surface area contributed by atoms with Crippen LogP contribution in [-0.4, -0.2) is 13.5 Å². The van der Waals surface area contributed by atoms with E-state index in [4.69, 9.17) is 0 Å². The summed E-state index contributed by atoms with van der Waals surface area (Å²) in [7, 11) is -3.70. The summed E-state index contributed by atoms with van der Waals surface area (Å²) >= 11 is 0. The lowest BCUT2D eigenvalue weighted by molar-refractivity contribution is 0.473. The van der Waals surface area contributed by atoms with Crippen molar-refractivity contribution >= 4 is 15.7 Å². The molecule has 5 heteroatoms. The van der Waals surface area contributed by atoms with E-state index < -0.39 is 10.0 Å². The average Bonchev–Trinajstić information content (AvgIpc) is 2.35. The molecule has 0 aromatic heterocycles. The van der Waals surface area contributed by atoms with Crippen molar-refractivity contribution in [3.8, 4) is 5.75 Å². The molecule has 2 rings (SSSR count). The standard InChI is InChI=1S/C14H15NO3S/c1-10-5-3-4-6-13(10)15-19(17,18)14-9-12(16)8-7-11(14)2/h3-9,15-16H,1-2H3. The van der Waals surface area contributed by atoms with Crippen molar-refractivity contribution in [3.63, 3.8) is 0 Å². The molecular formula is C14H15NO3S. The van der Waals surface area contributed by atoms with Gasteiger partial charge >= 0.3 is 0 Å². The zero-order valence-corrected chi connectivity index (χ0v) is 11.5. The third-order valence-electron chi connectivity index (χ3n) is 2.85. The molecule has 0 aliphatic carbocycles. The van der Waals surface area contributed by atoms with Gasteiger partial charge in [0.05, 0.1) is 10.6 Å². The van der Waals surface area contributed by atoms with Gasteiger partial charge in [-0.3, -0.25) is 4.72 Å². The molecule has 0 aliphatic heterocycles. The quantitative estimate of drug-likeness (QED) is 0.906. The molecule has 19 heavy (non-hydrogen) atoms. The summed E-state index contributed by atoms with van der Waals surface area (Å²) in [6, 6.07) is 11.4. The van der Waals surface area contributed by atoms with Crippen molar-refractivity contribution in [2.45, 2.75) is 18.7 Å². The van der Waals surface area contributed by atoms with Crippen LogP contribution in [0.2, 0.25) is 0 Å². The second-order valence-electron chi connectivity index (χ2n) is 4.37. The second-order valence-corrected chi connectivity index (χ2v) is 6.02. The predicted molar refractivity (Wildman–Crippen MR) is 74.8 cm³/mol. The van der Waals surface area contributed by atoms with E-state index in [0.717, 1.165) is 5.56 Å². The van der Waals surface area contributed by atoms with Gasteiger partial charge in [-0.1, -0.05) is 24.3 Å². The van der Waals surface area contributed by atoms with Crippen LogP contribution in [0.1, 0.15) is 11.1 Å². The second kappa shape index (κ2) is 4.93. The molecule has 0 amide bonds. The van der Waals surface area contributed by atoms with Gasteiger partial charge in [0.15, 0.2) is 0 Å². The van der Waals surface area contributed by atoms with Crippen LogP contribution in [0.3, 0.4) is 0 Å². The maximum absolute atomic E-state index is 12.3. The van der Waals surface area contributed by atoms with Gasteiger partial charge in [0, 0.05) is 6.07 Å². The van der Waals surface area contributed by atoms with Crippen LogP contribution in [0.5, 0.6) is 5.75 Å². The summed E-state index contributed by atoms with van der Waals surface area (Å²) in [6.07, 6.45) is 0. The van der Waals surface area contributed by atoms with Gasteiger partial charge in [-0.05, 0) is 37.1 Å². The molecule has 0 bridgehead atoms. The predicted octanol–water partition coefficient (Wildman–Crippen LogP) is 2.81. The van der Waals surface area contributed by atoms with E-state index >= 15 is 0 Å². The number of phenols is 1. The molecule has 100 valence electrons. The molecule has 0 atom stereocenters. The minimum Gasteiger partial charge on any atom is -0.508 e. The Morgan fingerprint density at radius 2 is 1.68 bits per heavy atom. The Labute approximate surface area is 112 Å². The van der Waals surface area contributed by atoms with Gasteiger partial charge in [0.1, 0.15) is 5.75 Å². The SMILES string of the molecule is Cc1ccccc1NS(=O)(=O)c1cc(O)ccc1C. The zero-order valence-electron chi connectivity index (χ0n) is 10.7. The Morgan fingerprint density at radius 1 is 1.00 bits per heavy atom. The molecule has 0 heterocycles. The first-order chi connectivity index (χ1) is 8.90. The van der Waals surface area contributed by atoms with Gasteiger partial charge in [-0.15, -0.1) is 0 Å². The average molecular weight is 277 g/mol. The van der Waals surface area contributed by atoms with Crippen LogP contribution < -0.4 is 4.72 Å². The molecule has 0 spiro atoms. The van der Waals surface area contributed by atoms with Gasteiger partial charge in [0.25, 0.3) is 10.0 Å². The topological polar surface area (TPSA) is 66.4 Å². The van der Waals surface area contributed by atoms with Crippen molar-refractivity contribution in [2.24, 2.45) is 0 Å². The highest BCUT2D eigenvalue weighted by atomic mass is 32.2. The highest BCUT2D eigenvalue weighted by Crippen LogP contribution is 2.24. The molecule has 2 N–H and O–H groups in total. The fourth-order valence-corrected chi connectivity index (χ4v) is 3.16. The van der Waals surface area contributed by atoms with Crippen LogP contribution in [0.4, 0.5) is 5.69 Å². The van der Waals surface area contributed by atoms with Gasteiger partial charge in [-0.25, -0.2) is 8.42 Å².